The number of carbonyl (C=O) groups excluding carboxylic acids is 1. The molecule has 0 spiro atoms. The van der Waals surface area contributed by atoms with Crippen LogP contribution in [0.25, 0.3) is 0 Å². The zero-order valence-electron chi connectivity index (χ0n) is 12.4. The molecule has 0 unspecified atom stereocenters. The average molecular weight is 286 g/mol. The van der Waals surface area contributed by atoms with Crippen molar-refractivity contribution in [1.82, 2.24) is 0 Å². The molecule has 0 heterocycles. The standard InChI is InChI=1S/C17H22N2O2/c1-13(18-14-8-4-2-5-9-14)16(12-20)17(21)19-15-10-6-3-7-11-15/h3,6-7,10-12,14,20H,2,4-5,8-9H2,1H3,(H,19,21)/b16-12-,18-13?. The van der Waals surface area contributed by atoms with Crippen LogP contribution in [0, 0.1) is 0 Å². The zero-order chi connectivity index (χ0) is 15.1. The van der Waals surface area contributed by atoms with Crippen molar-refractivity contribution in [3.05, 3.63) is 42.2 Å². The summed E-state index contributed by atoms with van der Waals surface area (Å²) < 4.78 is 0. The van der Waals surface area contributed by atoms with E-state index in [1.807, 2.05) is 18.2 Å². The fraction of sp³-hybridized carbons (Fsp3) is 0.412. The Kier molecular flexibility index (Phi) is 5.55. The lowest BCUT2D eigenvalue weighted by Crippen LogP contribution is -2.21. The summed E-state index contributed by atoms with van der Waals surface area (Å²) in [6.45, 7) is 1.78. The van der Waals surface area contributed by atoms with Gasteiger partial charge in [0.15, 0.2) is 0 Å². The van der Waals surface area contributed by atoms with E-state index in [2.05, 4.69) is 10.3 Å². The third-order valence-corrected chi connectivity index (χ3v) is 3.75. The Balaban J connectivity index is 2.04. The minimum absolute atomic E-state index is 0.226. The van der Waals surface area contributed by atoms with Crippen LogP contribution in [-0.4, -0.2) is 22.8 Å². The SMILES string of the molecule is CC(=NC1CCCCC1)/C(=C/O)C(=O)Nc1ccccc1. The first kappa shape index (κ1) is 15.3. The Morgan fingerprint density at radius 1 is 1.24 bits per heavy atom. The van der Waals surface area contributed by atoms with Gasteiger partial charge in [-0.3, -0.25) is 9.79 Å². The number of anilines is 1. The van der Waals surface area contributed by atoms with Crippen molar-refractivity contribution in [1.29, 1.82) is 0 Å². The second-order valence-electron chi connectivity index (χ2n) is 5.37. The number of carbonyl (C=O) groups is 1. The number of nitrogens with one attached hydrogen (secondary N) is 1. The number of aliphatic hydroxyl groups excluding tert-OH is 1. The van der Waals surface area contributed by atoms with Crippen LogP contribution < -0.4 is 5.32 Å². The first-order valence-electron chi connectivity index (χ1n) is 7.46. The maximum atomic E-state index is 12.2. The fourth-order valence-corrected chi connectivity index (χ4v) is 2.59. The van der Waals surface area contributed by atoms with Crippen LogP contribution >= 0.6 is 0 Å². The largest absolute Gasteiger partial charge is 0.515 e. The number of rotatable bonds is 4. The summed E-state index contributed by atoms with van der Waals surface area (Å²) in [7, 11) is 0. The Bertz CT molecular complexity index is 529. The Morgan fingerprint density at radius 2 is 1.90 bits per heavy atom. The van der Waals surface area contributed by atoms with Crippen LogP contribution in [-0.2, 0) is 4.79 Å². The molecule has 0 aromatic heterocycles. The molecular formula is C17H22N2O2. The Morgan fingerprint density at radius 3 is 2.52 bits per heavy atom. The molecule has 0 atom stereocenters. The molecular weight excluding hydrogens is 264 g/mol. The molecule has 1 aromatic carbocycles. The van der Waals surface area contributed by atoms with Gasteiger partial charge in [-0.15, -0.1) is 0 Å². The van der Waals surface area contributed by atoms with E-state index in [9.17, 15) is 9.90 Å². The van der Waals surface area contributed by atoms with Crippen LogP contribution in [0.3, 0.4) is 0 Å². The van der Waals surface area contributed by atoms with E-state index in [4.69, 9.17) is 0 Å². The highest BCUT2D eigenvalue weighted by Crippen LogP contribution is 2.21. The lowest BCUT2D eigenvalue weighted by molar-refractivity contribution is -0.112. The van der Waals surface area contributed by atoms with Gasteiger partial charge in [-0.05, 0) is 31.9 Å². The monoisotopic (exact) mass is 286 g/mol. The predicted molar refractivity (Wildman–Crippen MR) is 85.8 cm³/mol. The summed E-state index contributed by atoms with van der Waals surface area (Å²) in [5, 5.41) is 12.1. The molecule has 112 valence electrons. The highest BCUT2D eigenvalue weighted by molar-refractivity contribution is 6.24. The molecule has 1 fully saturated rings. The van der Waals surface area contributed by atoms with E-state index in [1.165, 1.54) is 19.3 Å². The molecule has 0 radical (unpaired) electrons. The van der Waals surface area contributed by atoms with Gasteiger partial charge < -0.3 is 10.4 Å². The van der Waals surface area contributed by atoms with E-state index in [-0.39, 0.29) is 17.5 Å². The molecule has 0 bridgehead atoms. The molecule has 1 aliphatic rings. The highest BCUT2D eigenvalue weighted by atomic mass is 16.2. The van der Waals surface area contributed by atoms with E-state index >= 15 is 0 Å². The third-order valence-electron chi connectivity index (χ3n) is 3.75. The van der Waals surface area contributed by atoms with Gasteiger partial charge in [-0.1, -0.05) is 37.5 Å². The van der Waals surface area contributed by atoms with Gasteiger partial charge >= 0.3 is 0 Å². The topological polar surface area (TPSA) is 61.7 Å². The third kappa shape index (κ3) is 4.45. The normalized spacial score (nSPS) is 17.6. The quantitative estimate of drug-likeness (QED) is 0.501. The van der Waals surface area contributed by atoms with Crippen molar-refractivity contribution in [2.45, 2.75) is 45.1 Å². The molecule has 2 N–H and O–H groups in total. The first-order valence-corrected chi connectivity index (χ1v) is 7.46. The molecule has 0 aliphatic heterocycles. The van der Waals surface area contributed by atoms with Crippen molar-refractivity contribution in [3.8, 4) is 0 Å². The second-order valence-corrected chi connectivity index (χ2v) is 5.37. The summed E-state index contributed by atoms with van der Waals surface area (Å²) in [5.41, 5.74) is 1.52. The summed E-state index contributed by atoms with van der Waals surface area (Å²) in [6.07, 6.45) is 6.63. The molecule has 1 aromatic rings. The molecule has 1 amide bonds. The Hall–Kier alpha value is -2.10. The first-order chi connectivity index (χ1) is 10.2. The van der Waals surface area contributed by atoms with Crippen molar-refractivity contribution >= 4 is 17.3 Å². The van der Waals surface area contributed by atoms with Crippen LogP contribution in [0.15, 0.2) is 47.2 Å². The number of benzene rings is 1. The van der Waals surface area contributed by atoms with E-state index in [0.29, 0.717) is 11.4 Å². The summed E-state index contributed by atoms with van der Waals surface area (Å²) in [4.78, 5) is 16.8. The fourth-order valence-electron chi connectivity index (χ4n) is 2.59. The summed E-state index contributed by atoms with van der Waals surface area (Å²) in [5.74, 6) is -0.333. The van der Waals surface area contributed by atoms with Gasteiger partial charge in [0.05, 0.1) is 17.9 Å². The van der Waals surface area contributed by atoms with Crippen LogP contribution in [0.2, 0.25) is 0 Å². The average Bonchev–Trinajstić information content (AvgIpc) is 2.50. The summed E-state index contributed by atoms with van der Waals surface area (Å²) in [6, 6.07) is 9.47. The Labute approximate surface area is 125 Å². The van der Waals surface area contributed by atoms with Crippen LogP contribution in [0.4, 0.5) is 5.69 Å². The van der Waals surface area contributed by atoms with E-state index < -0.39 is 0 Å². The number of amides is 1. The minimum atomic E-state index is -0.333. The molecule has 0 saturated heterocycles. The number of aliphatic hydroxyl groups is 1. The van der Waals surface area contributed by atoms with E-state index in [0.717, 1.165) is 19.1 Å². The predicted octanol–water partition coefficient (Wildman–Crippen LogP) is 3.86. The lowest BCUT2D eigenvalue weighted by Gasteiger charge is -2.19. The molecule has 4 heteroatoms. The smallest absolute Gasteiger partial charge is 0.260 e. The number of aliphatic imine (C=N–C) groups is 1. The van der Waals surface area contributed by atoms with Gasteiger partial charge in [-0.25, -0.2) is 0 Å². The number of hydrogen-bond donors (Lipinski definition) is 2. The van der Waals surface area contributed by atoms with Gasteiger partial charge in [0, 0.05) is 11.4 Å². The van der Waals surface area contributed by atoms with Gasteiger partial charge in [0.2, 0.25) is 0 Å². The second kappa shape index (κ2) is 7.62. The molecule has 21 heavy (non-hydrogen) atoms. The molecule has 1 saturated carbocycles. The lowest BCUT2D eigenvalue weighted by atomic mass is 9.95. The van der Waals surface area contributed by atoms with Crippen LogP contribution in [0.5, 0.6) is 0 Å². The number of nitrogens with zero attached hydrogens (tertiary/aromatic N) is 1. The van der Waals surface area contributed by atoms with Gasteiger partial charge in [0.25, 0.3) is 5.91 Å². The summed E-state index contributed by atoms with van der Waals surface area (Å²) >= 11 is 0. The van der Waals surface area contributed by atoms with E-state index in [1.54, 1.807) is 19.1 Å². The van der Waals surface area contributed by atoms with Crippen molar-refractivity contribution < 1.29 is 9.90 Å². The minimum Gasteiger partial charge on any atom is -0.515 e. The van der Waals surface area contributed by atoms with Gasteiger partial charge in [-0.2, -0.15) is 0 Å². The van der Waals surface area contributed by atoms with Crippen LogP contribution in [0.1, 0.15) is 39.0 Å². The maximum absolute atomic E-state index is 12.2. The van der Waals surface area contributed by atoms with Crippen molar-refractivity contribution in [3.63, 3.8) is 0 Å². The number of hydrogen-bond acceptors (Lipinski definition) is 3. The number of para-hydroxylation sites is 1. The van der Waals surface area contributed by atoms with Crippen molar-refractivity contribution in [2.75, 3.05) is 5.32 Å². The highest BCUT2D eigenvalue weighted by Gasteiger charge is 2.17. The maximum Gasteiger partial charge on any atom is 0.260 e. The molecule has 2 rings (SSSR count). The zero-order valence-corrected chi connectivity index (χ0v) is 12.4. The molecule has 4 nitrogen and oxygen atoms in total. The van der Waals surface area contributed by atoms with Crippen molar-refractivity contribution in [2.24, 2.45) is 4.99 Å². The molecule has 1 aliphatic carbocycles. The van der Waals surface area contributed by atoms with Gasteiger partial charge in [0.1, 0.15) is 0 Å².